The standard InChI is InChI=1S/C23H26FN3O4/c1-30-20-10-9-17(14-18(20)26-22(28)15-5-4-6-16(24)13-15)25-23(29)27-11-12-31-21-8-3-2-7-19(21)27/h4-6,9-10,13-14,19,21H,2-3,7-8,11-12H2,1H3,(H,25,29)(H,26,28)/t19-,21-/m1/s1. The van der Waals surface area contributed by atoms with Crippen LogP contribution in [0, 0.1) is 5.82 Å². The van der Waals surface area contributed by atoms with Crippen molar-refractivity contribution in [1.82, 2.24) is 4.90 Å². The number of fused-ring (bicyclic) bond motifs is 1. The van der Waals surface area contributed by atoms with Crippen LogP contribution in [0.3, 0.4) is 0 Å². The van der Waals surface area contributed by atoms with Gasteiger partial charge >= 0.3 is 6.03 Å². The van der Waals surface area contributed by atoms with E-state index in [0.29, 0.717) is 30.3 Å². The Hall–Kier alpha value is -3.13. The number of hydrogen-bond donors (Lipinski definition) is 2. The van der Waals surface area contributed by atoms with Crippen molar-refractivity contribution in [3.8, 4) is 5.75 Å². The summed E-state index contributed by atoms with van der Waals surface area (Å²) >= 11 is 0. The van der Waals surface area contributed by atoms with Gasteiger partial charge in [-0.05, 0) is 49.2 Å². The molecule has 7 nitrogen and oxygen atoms in total. The van der Waals surface area contributed by atoms with Crippen molar-refractivity contribution in [3.05, 3.63) is 53.8 Å². The normalized spacial score (nSPS) is 20.5. The number of carbonyl (C=O) groups excluding carboxylic acids is 2. The molecule has 1 aliphatic heterocycles. The van der Waals surface area contributed by atoms with Gasteiger partial charge in [-0.15, -0.1) is 0 Å². The Morgan fingerprint density at radius 3 is 2.77 bits per heavy atom. The van der Waals surface area contributed by atoms with E-state index in [4.69, 9.17) is 9.47 Å². The van der Waals surface area contributed by atoms with Gasteiger partial charge in [-0.2, -0.15) is 0 Å². The molecule has 4 rings (SSSR count). The smallest absolute Gasteiger partial charge is 0.322 e. The average molecular weight is 427 g/mol. The van der Waals surface area contributed by atoms with Crippen LogP contribution in [0.25, 0.3) is 0 Å². The van der Waals surface area contributed by atoms with Crippen molar-refractivity contribution in [2.45, 2.75) is 37.8 Å². The molecule has 8 heteroatoms. The Kier molecular flexibility index (Phi) is 6.36. The predicted molar refractivity (Wildman–Crippen MR) is 115 cm³/mol. The van der Waals surface area contributed by atoms with Gasteiger partial charge in [0.2, 0.25) is 0 Å². The second-order valence-corrected chi connectivity index (χ2v) is 7.76. The molecule has 1 heterocycles. The third-order valence-electron chi connectivity index (χ3n) is 5.78. The Morgan fingerprint density at radius 1 is 1.13 bits per heavy atom. The number of rotatable bonds is 4. The fourth-order valence-electron chi connectivity index (χ4n) is 4.25. The molecule has 0 unspecified atom stereocenters. The summed E-state index contributed by atoms with van der Waals surface area (Å²) in [5.41, 5.74) is 1.10. The molecule has 31 heavy (non-hydrogen) atoms. The van der Waals surface area contributed by atoms with E-state index in [9.17, 15) is 14.0 Å². The Labute approximate surface area is 180 Å². The Morgan fingerprint density at radius 2 is 1.97 bits per heavy atom. The number of halogens is 1. The number of carbonyl (C=O) groups is 2. The number of urea groups is 1. The van der Waals surface area contributed by atoms with Gasteiger partial charge < -0.3 is 25.0 Å². The highest BCUT2D eigenvalue weighted by Gasteiger charge is 2.36. The van der Waals surface area contributed by atoms with Gasteiger partial charge in [-0.3, -0.25) is 4.79 Å². The minimum Gasteiger partial charge on any atom is -0.495 e. The fraction of sp³-hybridized carbons (Fsp3) is 0.391. The molecule has 3 amide bonds. The van der Waals surface area contributed by atoms with Crippen molar-refractivity contribution >= 4 is 23.3 Å². The van der Waals surface area contributed by atoms with E-state index in [2.05, 4.69) is 10.6 Å². The minimum atomic E-state index is -0.493. The highest BCUT2D eigenvalue weighted by molar-refractivity contribution is 6.05. The van der Waals surface area contributed by atoms with Crippen LogP contribution in [0.1, 0.15) is 36.0 Å². The second-order valence-electron chi connectivity index (χ2n) is 7.76. The van der Waals surface area contributed by atoms with Crippen molar-refractivity contribution in [2.24, 2.45) is 0 Å². The van der Waals surface area contributed by atoms with Gasteiger partial charge in [-0.1, -0.05) is 18.9 Å². The maximum absolute atomic E-state index is 13.4. The largest absolute Gasteiger partial charge is 0.495 e. The summed E-state index contributed by atoms with van der Waals surface area (Å²) in [5, 5.41) is 5.65. The molecule has 2 fully saturated rings. The van der Waals surface area contributed by atoms with E-state index in [0.717, 1.165) is 31.7 Å². The minimum absolute atomic E-state index is 0.0906. The first-order chi connectivity index (χ1) is 15.0. The molecular weight excluding hydrogens is 401 g/mol. The molecule has 164 valence electrons. The van der Waals surface area contributed by atoms with E-state index in [1.807, 2.05) is 4.90 Å². The van der Waals surface area contributed by atoms with Crippen LogP contribution in [-0.2, 0) is 4.74 Å². The van der Waals surface area contributed by atoms with E-state index in [-0.39, 0.29) is 23.7 Å². The molecule has 2 aliphatic rings. The van der Waals surface area contributed by atoms with Crippen LogP contribution in [0.15, 0.2) is 42.5 Å². The summed E-state index contributed by atoms with van der Waals surface area (Å²) in [7, 11) is 1.49. The van der Waals surface area contributed by atoms with Crippen molar-refractivity contribution in [1.29, 1.82) is 0 Å². The number of methoxy groups -OCH3 is 1. The molecular formula is C23H26FN3O4. The topological polar surface area (TPSA) is 79.9 Å². The van der Waals surface area contributed by atoms with Crippen LogP contribution in [0.4, 0.5) is 20.6 Å². The fourth-order valence-corrected chi connectivity index (χ4v) is 4.25. The van der Waals surface area contributed by atoms with Crippen LogP contribution < -0.4 is 15.4 Å². The van der Waals surface area contributed by atoms with E-state index < -0.39 is 11.7 Å². The Bertz CT molecular complexity index is 966. The predicted octanol–water partition coefficient (Wildman–Crippen LogP) is 4.26. The van der Waals surface area contributed by atoms with Crippen molar-refractivity contribution in [2.75, 3.05) is 30.9 Å². The van der Waals surface area contributed by atoms with Gasteiger partial charge in [0.05, 0.1) is 31.5 Å². The quantitative estimate of drug-likeness (QED) is 0.764. The molecule has 1 aliphatic carbocycles. The van der Waals surface area contributed by atoms with Crippen molar-refractivity contribution in [3.63, 3.8) is 0 Å². The maximum atomic E-state index is 13.4. The highest BCUT2D eigenvalue weighted by atomic mass is 19.1. The number of amides is 3. The third-order valence-corrected chi connectivity index (χ3v) is 5.78. The van der Waals surface area contributed by atoms with Crippen molar-refractivity contribution < 1.29 is 23.5 Å². The zero-order valence-electron chi connectivity index (χ0n) is 17.4. The summed E-state index contributed by atoms with van der Waals surface area (Å²) in [4.78, 5) is 27.3. The summed E-state index contributed by atoms with van der Waals surface area (Å²) in [6.07, 6.45) is 4.24. The molecule has 2 atom stereocenters. The lowest BCUT2D eigenvalue weighted by Crippen LogP contribution is -2.55. The van der Waals surface area contributed by atoms with Gasteiger partial charge in [0.15, 0.2) is 0 Å². The molecule has 2 aromatic carbocycles. The van der Waals surface area contributed by atoms with Gasteiger partial charge in [0.1, 0.15) is 11.6 Å². The molecule has 2 N–H and O–H groups in total. The summed E-state index contributed by atoms with van der Waals surface area (Å²) in [5.74, 6) is -0.534. The first-order valence-electron chi connectivity index (χ1n) is 10.5. The van der Waals surface area contributed by atoms with Gasteiger partial charge in [0.25, 0.3) is 5.91 Å². The molecule has 1 saturated carbocycles. The number of nitrogens with zero attached hydrogens (tertiary/aromatic N) is 1. The van der Waals surface area contributed by atoms with Crippen LogP contribution in [-0.4, -0.2) is 49.2 Å². The SMILES string of the molecule is COc1ccc(NC(=O)N2CCO[C@@H]3CCCC[C@H]32)cc1NC(=O)c1cccc(F)c1. The highest BCUT2D eigenvalue weighted by Crippen LogP contribution is 2.31. The molecule has 0 spiro atoms. The lowest BCUT2D eigenvalue weighted by atomic mass is 9.90. The Balaban J connectivity index is 1.49. The number of benzene rings is 2. The molecule has 1 saturated heterocycles. The number of anilines is 2. The maximum Gasteiger partial charge on any atom is 0.322 e. The zero-order chi connectivity index (χ0) is 21.8. The van der Waals surface area contributed by atoms with Gasteiger partial charge in [0, 0.05) is 17.8 Å². The molecule has 0 aromatic heterocycles. The van der Waals surface area contributed by atoms with E-state index in [1.54, 1.807) is 18.2 Å². The number of hydrogen-bond acceptors (Lipinski definition) is 4. The van der Waals surface area contributed by atoms with Crippen LogP contribution in [0.5, 0.6) is 5.75 Å². The third kappa shape index (κ3) is 4.80. The summed E-state index contributed by atoms with van der Waals surface area (Å²) < 4.78 is 24.6. The average Bonchev–Trinajstić information content (AvgIpc) is 2.79. The zero-order valence-corrected chi connectivity index (χ0v) is 17.4. The van der Waals surface area contributed by atoms with Gasteiger partial charge in [-0.25, -0.2) is 9.18 Å². The number of ether oxygens (including phenoxy) is 2. The lowest BCUT2D eigenvalue weighted by molar-refractivity contribution is -0.0694. The van der Waals surface area contributed by atoms with Crippen LogP contribution in [0.2, 0.25) is 0 Å². The summed E-state index contributed by atoms with van der Waals surface area (Å²) in [6, 6.07) is 10.3. The molecule has 0 bridgehead atoms. The monoisotopic (exact) mass is 427 g/mol. The number of morpholine rings is 1. The molecule has 0 radical (unpaired) electrons. The number of nitrogens with one attached hydrogen (secondary N) is 2. The van der Waals surface area contributed by atoms with Crippen LogP contribution >= 0.6 is 0 Å². The van der Waals surface area contributed by atoms with E-state index >= 15 is 0 Å². The summed E-state index contributed by atoms with van der Waals surface area (Å²) in [6.45, 7) is 1.08. The lowest BCUT2D eigenvalue weighted by Gasteiger charge is -2.43. The first kappa shape index (κ1) is 21.1. The first-order valence-corrected chi connectivity index (χ1v) is 10.5. The molecule has 2 aromatic rings. The van der Waals surface area contributed by atoms with E-state index in [1.165, 1.54) is 25.3 Å². The second kappa shape index (κ2) is 9.34.